The van der Waals surface area contributed by atoms with Crippen molar-refractivity contribution in [2.24, 2.45) is 4.99 Å². The van der Waals surface area contributed by atoms with Crippen molar-refractivity contribution in [3.63, 3.8) is 0 Å². The molecule has 56 heavy (non-hydrogen) atoms. The average Bonchev–Trinajstić information content (AvgIpc) is 3.82. The molecule has 11 rings (SSSR count). The molecule has 4 heteroatoms. The molecule has 0 fully saturated rings. The SMILES string of the molecule is C1=CCC(c2ccc3sc4c(N5c6cc(C7=CC(c8ccccc8)=NC(c8ccccc8)N7)ccc6C6=CC=CCC65)cc(-c5ccccc5)cc4c3c2)C=C1. The van der Waals surface area contributed by atoms with Gasteiger partial charge < -0.3 is 10.2 Å². The first-order valence-electron chi connectivity index (χ1n) is 19.6. The zero-order chi connectivity index (χ0) is 37.0. The highest BCUT2D eigenvalue weighted by Crippen LogP contribution is 2.53. The number of rotatable bonds is 6. The highest BCUT2D eigenvalue weighted by Gasteiger charge is 2.37. The fourth-order valence-corrected chi connectivity index (χ4v) is 10.1. The van der Waals surface area contributed by atoms with Crippen LogP contribution < -0.4 is 10.2 Å². The van der Waals surface area contributed by atoms with Crippen molar-refractivity contribution in [2.75, 3.05) is 4.90 Å². The zero-order valence-electron chi connectivity index (χ0n) is 30.8. The summed E-state index contributed by atoms with van der Waals surface area (Å²) in [4.78, 5) is 7.87. The Kier molecular flexibility index (Phi) is 8.03. The Morgan fingerprint density at radius 1 is 0.607 bits per heavy atom. The molecular weight excluding hydrogens is 699 g/mol. The maximum Gasteiger partial charge on any atom is 0.145 e. The monoisotopic (exact) mass is 737 g/mol. The molecule has 1 N–H and O–H groups in total. The number of nitrogens with one attached hydrogen (secondary N) is 1. The summed E-state index contributed by atoms with van der Waals surface area (Å²) in [6.07, 6.45) is 19.9. The number of thiophene rings is 1. The van der Waals surface area contributed by atoms with Crippen LogP contribution in [0.15, 0.2) is 193 Å². The molecule has 2 aliphatic carbocycles. The van der Waals surface area contributed by atoms with Crippen molar-refractivity contribution >= 4 is 59.9 Å². The van der Waals surface area contributed by atoms with Gasteiger partial charge in [-0.05, 0) is 88.2 Å². The van der Waals surface area contributed by atoms with E-state index in [1.165, 1.54) is 59.4 Å². The number of nitrogens with zero attached hydrogens (tertiary/aromatic N) is 2. The summed E-state index contributed by atoms with van der Waals surface area (Å²) in [5.41, 5.74) is 14.5. The highest BCUT2D eigenvalue weighted by molar-refractivity contribution is 7.26. The maximum absolute atomic E-state index is 5.22. The smallest absolute Gasteiger partial charge is 0.145 e. The van der Waals surface area contributed by atoms with Gasteiger partial charge in [0.05, 0.1) is 27.8 Å². The molecule has 0 saturated carbocycles. The Morgan fingerprint density at radius 2 is 1.38 bits per heavy atom. The van der Waals surface area contributed by atoms with Crippen molar-refractivity contribution in [3.8, 4) is 11.1 Å². The third-order valence-electron chi connectivity index (χ3n) is 11.7. The van der Waals surface area contributed by atoms with Crippen LogP contribution in [-0.2, 0) is 0 Å². The van der Waals surface area contributed by atoms with Gasteiger partial charge in [0.25, 0.3) is 0 Å². The summed E-state index contributed by atoms with van der Waals surface area (Å²) >= 11 is 1.93. The number of fused-ring (bicyclic) bond motifs is 6. The quantitative estimate of drug-likeness (QED) is 0.184. The second kappa shape index (κ2) is 13.7. The van der Waals surface area contributed by atoms with Crippen molar-refractivity contribution in [2.45, 2.75) is 31.0 Å². The fourth-order valence-electron chi connectivity index (χ4n) is 8.91. The fraction of sp³-hybridized carbons (Fsp3) is 0.0962. The molecule has 3 nitrogen and oxygen atoms in total. The lowest BCUT2D eigenvalue weighted by Crippen LogP contribution is -2.27. The van der Waals surface area contributed by atoms with E-state index >= 15 is 0 Å². The van der Waals surface area contributed by atoms with E-state index < -0.39 is 0 Å². The van der Waals surface area contributed by atoms with Gasteiger partial charge in [0.2, 0.25) is 0 Å². The van der Waals surface area contributed by atoms with Gasteiger partial charge in [-0.3, -0.25) is 4.99 Å². The van der Waals surface area contributed by atoms with Gasteiger partial charge in [-0.15, -0.1) is 11.3 Å². The molecule has 3 atom stereocenters. The van der Waals surface area contributed by atoms with Crippen molar-refractivity contribution in [3.05, 3.63) is 216 Å². The largest absolute Gasteiger partial charge is 0.360 e. The first-order valence-corrected chi connectivity index (χ1v) is 20.4. The molecule has 6 aromatic carbocycles. The Bertz CT molecular complexity index is 2840. The van der Waals surface area contributed by atoms with E-state index in [-0.39, 0.29) is 12.2 Å². The summed E-state index contributed by atoms with van der Waals surface area (Å²) in [6.45, 7) is 0. The van der Waals surface area contributed by atoms with E-state index in [1.54, 1.807) is 0 Å². The maximum atomic E-state index is 5.22. The van der Waals surface area contributed by atoms with Crippen LogP contribution in [0.5, 0.6) is 0 Å². The topological polar surface area (TPSA) is 27.6 Å². The van der Waals surface area contributed by atoms with Crippen molar-refractivity contribution in [1.29, 1.82) is 0 Å². The molecule has 4 aliphatic rings. The zero-order valence-corrected chi connectivity index (χ0v) is 31.7. The Balaban J connectivity index is 1.09. The van der Waals surface area contributed by atoms with Crippen LogP contribution in [0, 0.1) is 0 Å². The van der Waals surface area contributed by atoms with E-state index in [0.717, 1.165) is 40.9 Å². The molecule has 0 saturated heterocycles. The van der Waals surface area contributed by atoms with Crippen LogP contribution in [0.3, 0.4) is 0 Å². The predicted molar refractivity (Wildman–Crippen MR) is 238 cm³/mol. The lowest BCUT2D eigenvalue weighted by atomic mass is 9.91. The minimum absolute atomic E-state index is 0.198. The number of allylic oxidation sites excluding steroid dienone is 7. The molecule has 0 amide bonds. The Labute approximate surface area is 331 Å². The molecule has 0 bridgehead atoms. The molecule has 0 radical (unpaired) electrons. The molecule has 7 aromatic rings. The molecule has 1 aromatic heterocycles. The van der Waals surface area contributed by atoms with E-state index in [4.69, 9.17) is 4.99 Å². The van der Waals surface area contributed by atoms with Gasteiger partial charge in [-0.1, -0.05) is 152 Å². The minimum Gasteiger partial charge on any atom is -0.360 e. The standard InChI is InChI=1S/C52H39N3S/c1-5-15-34(16-6-1)38-26-28-50-43(29-38)44-30-40(35-17-7-2-8-18-35)32-49(51(44)56-50)55-47-24-14-13-23-41(47)42-27-25-39(31-48(42)55)46-33-45(36-19-9-3-10-20-36)53-52(54-46)37-21-11-4-12-22-37/h1-15,17-23,25-34,47,52,54H,16,24H2. The van der Waals surface area contributed by atoms with Crippen LogP contribution in [0.4, 0.5) is 11.4 Å². The Morgan fingerprint density at radius 3 is 2.18 bits per heavy atom. The number of hydrogen-bond acceptors (Lipinski definition) is 4. The van der Waals surface area contributed by atoms with E-state index in [9.17, 15) is 0 Å². The summed E-state index contributed by atoms with van der Waals surface area (Å²) in [6, 6.07) is 51.3. The summed E-state index contributed by atoms with van der Waals surface area (Å²) in [7, 11) is 0. The molecule has 3 unspecified atom stereocenters. The van der Waals surface area contributed by atoms with Gasteiger partial charge in [0.1, 0.15) is 6.17 Å². The van der Waals surface area contributed by atoms with E-state index in [2.05, 4.69) is 198 Å². The Hall–Kier alpha value is -6.49. The summed E-state index contributed by atoms with van der Waals surface area (Å²) in [5.74, 6) is 0.401. The third-order valence-corrected chi connectivity index (χ3v) is 12.9. The van der Waals surface area contributed by atoms with Crippen LogP contribution >= 0.6 is 11.3 Å². The normalized spacial score (nSPS) is 19.7. The lowest BCUT2D eigenvalue weighted by Gasteiger charge is -2.30. The summed E-state index contributed by atoms with van der Waals surface area (Å²) in [5, 5.41) is 6.49. The predicted octanol–water partition coefficient (Wildman–Crippen LogP) is 13.3. The molecule has 2 aliphatic heterocycles. The molecule has 3 heterocycles. The van der Waals surface area contributed by atoms with Crippen LogP contribution in [0.2, 0.25) is 0 Å². The molecule has 0 spiro atoms. The highest BCUT2D eigenvalue weighted by atomic mass is 32.1. The number of anilines is 2. The van der Waals surface area contributed by atoms with Crippen LogP contribution in [0.25, 0.3) is 42.6 Å². The first kappa shape index (κ1) is 32.9. The van der Waals surface area contributed by atoms with Gasteiger partial charge in [-0.2, -0.15) is 0 Å². The number of hydrogen-bond donors (Lipinski definition) is 1. The second-order valence-corrected chi connectivity index (χ2v) is 16.1. The molecular formula is C52H39N3S. The van der Waals surface area contributed by atoms with Crippen LogP contribution in [0.1, 0.15) is 52.7 Å². The van der Waals surface area contributed by atoms with Gasteiger partial charge in [0, 0.05) is 32.7 Å². The summed E-state index contributed by atoms with van der Waals surface area (Å²) < 4.78 is 2.66. The van der Waals surface area contributed by atoms with Crippen molar-refractivity contribution < 1.29 is 0 Å². The number of aliphatic imine (C=N–C) groups is 1. The van der Waals surface area contributed by atoms with E-state index in [0.29, 0.717) is 5.92 Å². The lowest BCUT2D eigenvalue weighted by molar-refractivity contribution is 0.664. The van der Waals surface area contributed by atoms with Gasteiger partial charge >= 0.3 is 0 Å². The molecule has 268 valence electrons. The minimum atomic E-state index is -0.198. The van der Waals surface area contributed by atoms with E-state index in [1.807, 2.05) is 11.3 Å². The second-order valence-electron chi connectivity index (χ2n) is 15.1. The third kappa shape index (κ3) is 5.68. The number of benzene rings is 6. The van der Waals surface area contributed by atoms with Gasteiger partial charge in [0.15, 0.2) is 0 Å². The van der Waals surface area contributed by atoms with Crippen molar-refractivity contribution in [1.82, 2.24) is 5.32 Å². The first-order chi connectivity index (χ1) is 27.7. The van der Waals surface area contributed by atoms with Gasteiger partial charge in [-0.25, -0.2) is 0 Å². The van der Waals surface area contributed by atoms with Crippen LogP contribution in [-0.4, -0.2) is 11.8 Å². The average molecular weight is 738 g/mol.